The molecule has 0 saturated carbocycles. The fraction of sp³-hybridized carbons (Fsp3) is 0.286. The van der Waals surface area contributed by atoms with Crippen LogP contribution in [0.3, 0.4) is 0 Å². The lowest BCUT2D eigenvalue weighted by molar-refractivity contribution is -0.116. The van der Waals surface area contributed by atoms with Gasteiger partial charge in [0.1, 0.15) is 12.3 Å². The Morgan fingerprint density at radius 2 is 2.09 bits per heavy atom. The lowest BCUT2D eigenvalue weighted by Crippen LogP contribution is -2.25. The van der Waals surface area contributed by atoms with Crippen molar-refractivity contribution < 1.29 is 9.53 Å². The SMILES string of the molecule is COc1ccc(N)c(NC(=O)Cn2c(C)c(C)sc2=O)c1.Cl. The molecule has 0 radical (unpaired) electrons. The predicted octanol–water partition coefficient (Wildman–Crippen LogP) is 2.18. The number of amides is 1. The van der Waals surface area contributed by atoms with Gasteiger partial charge in [0.05, 0.1) is 18.5 Å². The first-order chi connectivity index (χ1) is 9.92. The summed E-state index contributed by atoms with van der Waals surface area (Å²) in [6.07, 6.45) is 0. The number of carbonyl (C=O) groups is 1. The molecular weight excluding hydrogens is 326 g/mol. The quantitative estimate of drug-likeness (QED) is 0.833. The van der Waals surface area contributed by atoms with E-state index < -0.39 is 0 Å². The van der Waals surface area contributed by atoms with Gasteiger partial charge >= 0.3 is 4.87 Å². The number of nitrogen functional groups attached to an aromatic ring is 1. The van der Waals surface area contributed by atoms with Crippen molar-refractivity contribution in [3.8, 4) is 5.75 Å². The van der Waals surface area contributed by atoms with Crippen LogP contribution in [-0.2, 0) is 11.3 Å². The number of ether oxygens (including phenoxy) is 1. The van der Waals surface area contributed by atoms with Crippen LogP contribution in [0.25, 0.3) is 0 Å². The van der Waals surface area contributed by atoms with Crippen LogP contribution in [0.15, 0.2) is 23.0 Å². The van der Waals surface area contributed by atoms with Crippen molar-refractivity contribution in [1.29, 1.82) is 0 Å². The number of hydrogen-bond acceptors (Lipinski definition) is 5. The zero-order valence-corrected chi connectivity index (χ0v) is 14.1. The van der Waals surface area contributed by atoms with Crippen LogP contribution in [0.4, 0.5) is 11.4 Å². The number of nitrogens with zero attached hydrogens (tertiary/aromatic N) is 1. The number of aromatic nitrogens is 1. The Balaban J connectivity index is 0.00000242. The molecule has 3 N–H and O–H groups in total. The average molecular weight is 344 g/mol. The van der Waals surface area contributed by atoms with Crippen LogP contribution >= 0.6 is 23.7 Å². The fourth-order valence-electron chi connectivity index (χ4n) is 1.87. The topological polar surface area (TPSA) is 86.3 Å². The molecule has 1 amide bonds. The molecule has 0 saturated heterocycles. The van der Waals surface area contributed by atoms with Gasteiger partial charge in [0, 0.05) is 16.6 Å². The number of carbonyl (C=O) groups excluding carboxylic acids is 1. The average Bonchev–Trinajstić information content (AvgIpc) is 2.68. The van der Waals surface area contributed by atoms with Crippen molar-refractivity contribution in [2.45, 2.75) is 20.4 Å². The molecule has 22 heavy (non-hydrogen) atoms. The van der Waals surface area contributed by atoms with Gasteiger partial charge in [-0.1, -0.05) is 11.3 Å². The van der Waals surface area contributed by atoms with E-state index in [0.29, 0.717) is 17.1 Å². The third kappa shape index (κ3) is 3.80. The molecule has 0 bridgehead atoms. The number of nitrogens with two attached hydrogens (primary N) is 1. The van der Waals surface area contributed by atoms with Crippen molar-refractivity contribution in [3.63, 3.8) is 0 Å². The van der Waals surface area contributed by atoms with Gasteiger partial charge in [-0.05, 0) is 26.0 Å². The number of thiazole rings is 1. The Kier molecular flexibility index (Phi) is 6.01. The second kappa shape index (κ2) is 7.33. The first-order valence-corrected chi connectivity index (χ1v) is 7.14. The lowest BCUT2D eigenvalue weighted by Gasteiger charge is -2.10. The lowest BCUT2D eigenvalue weighted by atomic mass is 10.2. The van der Waals surface area contributed by atoms with Gasteiger partial charge in [0.15, 0.2) is 0 Å². The summed E-state index contributed by atoms with van der Waals surface area (Å²) in [6, 6.07) is 5.00. The number of halogens is 1. The smallest absolute Gasteiger partial charge is 0.308 e. The number of aryl methyl sites for hydroxylation is 1. The third-order valence-electron chi connectivity index (χ3n) is 3.21. The van der Waals surface area contributed by atoms with E-state index in [4.69, 9.17) is 10.5 Å². The Morgan fingerprint density at radius 3 is 2.64 bits per heavy atom. The molecule has 1 aromatic carbocycles. The molecular formula is C14H18ClN3O3S. The summed E-state index contributed by atoms with van der Waals surface area (Å²) in [7, 11) is 1.54. The van der Waals surface area contributed by atoms with E-state index in [2.05, 4.69) is 5.32 Å². The standard InChI is InChI=1S/C14H17N3O3S.ClH/c1-8-9(2)21-14(19)17(8)7-13(18)16-12-6-10(20-3)4-5-11(12)15;/h4-6H,7,15H2,1-3H3,(H,16,18);1H. The van der Waals surface area contributed by atoms with E-state index in [-0.39, 0.29) is 29.7 Å². The van der Waals surface area contributed by atoms with E-state index in [1.807, 2.05) is 13.8 Å². The Morgan fingerprint density at radius 1 is 1.41 bits per heavy atom. The molecule has 8 heteroatoms. The number of anilines is 2. The Labute approximate surface area is 138 Å². The van der Waals surface area contributed by atoms with Gasteiger partial charge in [0.25, 0.3) is 0 Å². The summed E-state index contributed by atoms with van der Waals surface area (Å²) in [6.45, 7) is 3.64. The molecule has 2 rings (SSSR count). The first-order valence-electron chi connectivity index (χ1n) is 6.32. The molecule has 0 fully saturated rings. The van der Waals surface area contributed by atoms with Crippen LogP contribution in [0, 0.1) is 13.8 Å². The molecule has 6 nitrogen and oxygen atoms in total. The fourth-order valence-corrected chi connectivity index (χ4v) is 2.71. The van der Waals surface area contributed by atoms with E-state index in [0.717, 1.165) is 21.9 Å². The Bertz CT molecular complexity index is 739. The van der Waals surface area contributed by atoms with Crippen molar-refractivity contribution in [2.24, 2.45) is 0 Å². The maximum absolute atomic E-state index is 12.1. The number of methoxy groups -OCH3 is 1. The number of hydrogen-bond donors (Lipinski definition) is 2. The van der Waals surface area contributed by atoms with E-state index in [9.17, 15) is 9.59 Å². The second-order valence-electron chi connectivity index (χ2n) is 4.60. The summed E-state index contributed by atoms with van der Waals surface area (Å²) in [5.41, 5.74) is 7.53. The maximum Gasteiger partial charge on any atom is 0.308 e. The van der Waals surface area contributed by atoms with Gasteiger partial charge in [-0.15, -0.1) is 12.4 Å². The van der Waals surface area contributed by atoms with E-state index >= 15 is 0 Å². The van der Waals surface area contributed by atoms with E-state index in [1.165, 1.54) is 11.7 Å². The molecule has 2 aromatic rings. The zero-order chi connectivity index (χ0) is 15.6. The van der Waals surface area contributed by atoms with Crippen LogP contribution in [-0.4, -0.2) is 17.6 Å². The summed E-state index contributed by atoms with van der Waals surface area (Å²) in [4.78, 5) is 24.6. The monoisotopic (exact) mass is 343 g/mol. The summed E-state index contributed by atoms with van der Waals surface area (Å²) < 4.78 is 6.54. The molecule has 0 aliphatic rings. The van der Waals surface area contributed by atoms with Crippen LogP contribution < -0.4 is 20.7 Å². The molecule has 0 unspecified atom stereocenters. The largest absolute Gasteiger partial charge is 0.497 e. The number of benzene rings is 1. The Hall–Kier alpha value is -1.99. The van der Waals surface area contributed by atoms with Crippen LogP contribution in [0.1, 0.15) is 10.6 Å². The minimum absolute atomic E-state index is 0. The molecule has 0 aliphatic carbocycles. The van der Waals surface area contributed by atoms with Crippen molar-refractivity contribution in [2.75, 3.05) is 18.2 Å². The second-order valence-corrected chi connectivity index (χ2v) is 5.76. The molecule has 1 heterocycles. The van der Waals surface area contributed by atoms with E-state index in [1.54, 1.807) is 18.2 Å². The highest BCUT2D eigenvalue weighted by Crippen LogP contribution is 2.24. The highest BCUT2D eigenvalue weighted by Gasteiger charge is 2.12. The normalized spacial score (nSPS) is 9.95. The zero-order valence-electron chi connectivity index (χ0n) is 12.5. The van der Waals surface area contributed by atoms with Gasteiger partial charge in [-0.3, -0.25) is 14.2 Å². The molecule has 0 aliphatic heterocycles. The summed E-state index contributed by atoms with van der Waals surface area (Å²) >= 11 is 1.14. The van der Waals surface area contributed by atoms with Crippen molar-refractivity contribution >= 4 is 41.0 Å². The summed E-state index contributed by atoms with van der Waals surface area (Å²) in [5, 5.41) is 2.70. The third-order valence-corrected chi connectivity index (χ3v) is 4.21. The summed E-state index contributed by atoms with van der Waals surface area (Å²) in [5.74, 6) is 0.289. The van der Waals surface area contributed by atoms with Crippen LogP contribution in [0.2, 0.25) is 0 Å². The predicted molar refractivity (Wildman–Crippen MR) is 91.3 cm³/mol. The molecule has 0 spiro atoms. The molecule has 0 atom stereocenters. The number of rotatable bonds is 4. The minimum Gasteiger partial charge on any atom is -0.497 e. The van der Waals surface area contributed by atoms with Crippen molar-refractivity contribution in [3.05, 3.63) is 38.4 Å². The van der Waals surface area contributed by atoms with Gasteiger partial charge in [0.2, 0.25) is 5.91 Å². The maximum atomic E-state index is 12.1. The van der Waals surface area contributed by atoms with Gasteiger partial charge in [-0.2, -0.15) is 0 Å². The van der Waals surface area contributed by atoms with Gasteiger partial charge in [-0.25, -0.2) is 0 Å². The van der Waals surface area contributed by atoms with Crippen molar-refractivity contribution in [1.82, 2.24) is 4.57 Å². The van der Waals surface area contributed by atoms with Crippen LogP contribution in [0.5, 0.6) is 5.75 Å². The molecule has 120 valence electrons. The minimum atomic E-state index is -0.307. The highest BCUT2D eigenvalue weighted by molar-refractivity contribution is 7.09. The first kappa shape index (κ1) is 18.1. The highest BCUT2D eigenvalue weighted by atomic mass is 35.5. The van der Waals surface area contributed by atoms with Gasteiger partial charge < -0.3 is 15.8 Å². The number of nitrogens with one attached hydrogen (secondary N) is 1. The molecule has 1 aromatic heterocycles.